The summed E-state index contributed by atoms with van der Waals surface area (Å²) in [6, 6.07) is -5.71. The molecule has 0 aromatic carbocycles. The Labute approximate surface area is 318 Å². The van der Waals surface area contributed by atoms with Crippen molar-refractivity contribution in [1.82, 2.24) is 31.1 Å². The number of nitrogens with two attached hydrogens (primary N) is 1. The van der Waals surface area contributed by atoms with Crippen molar-refractivity contribution in [2.45, 2.75) is 153 Å². The third-order valence-corrected chi connectivity index (χ3v) is 11.7. The zero-order valence-corrected chi connectivity index (χ0v) is 32.1. The van der Waals surface area contributed by atoms with Gasteiger partial charge in [-0.2, -0.15) is 0 Å². The van der Waals surface area contributed by atoms with Crippen molar-refractivity contribution in [3.8, 4) is 0 Å². The van der Waals surface area contributed by atoms with E-state index in [9.17, 15) is 43.8 Å². The van der Waals surface area contributed by atoms with Crippen molar-refractivity contribution >= 4 is 41.4 Å². The zero-order valence-electron chi connectivity index (χ0n) is 32.1. The summed E-state index contributed by atoms with van der Waals surface area (Å²) in [5, 5.41) is 30.7. The van der Waals surface area contributed by atoms with Crippen LogP contribution in [-0.4, -0.2) is 124 Å². The highest BCUT2D eigenvalue weighted by molar-refractivity contribution is 5.98. The van der Waals surface area contributed by atoms with Crippen LogP contribution in [0.3, 0.4) is 0 Å². The Hall–Kier alpha value is -3.79. The number of nitrogens with zero attached hydrogens (tertiary/aromatic N) is 2. The van der Waals surface area contributed by atoms with Crippen LogP contribution in [0.4, 0.5) is 0 Å². The summed E-state index contributed by atoms with van der Waals surface area (Å²) in [5.74, 6) is -2.65. The van der Waals surface area contributed by atoms with Crippen LogP contribution in [0.25, 0.3) is 0 Å². The number of fused-ring (bicyclic) bond motifs is 2. The van der Waals surface area contributed by atoms with Gasteiger partial charge in [0.15, 0.2) is 0 Å². The number of aliphatic hydroxyl groups is 1. The van der Waals surface area contributed by atoms with Crippen LogP contribution in [0.2, 0.25) is 0 Å². The van der Waals surface area contributed by atoms with Gasteiger partial charge in [-0.25, -0.2) is 0 Å². The molecule has 3 unspecified atom stereocenters. The first-order valence-electron chi connectivity index (χ1n) is 20.2. The van der Waals surface area contributed by atoms with Gasteiger partial charge in [0.25, 0.3) is 0 Å². The number of aliphatic hydroxyl groups excluding tert-OH is 1. The Morgan fingerprint density at radius 2 is 1.48 bits per heavy atom. The molecule has 0 spiro atoms. The van der Waals surface area contributed by atoms with Gasteiger partial charge in [0.2, 0.25) is 35.4 Å². The van der Waals surface area contributed by atoms with Crippen LogP contribution in [0, 0.1) is 17.8 Å². The van der Waals surface area contributed by atoms with Gasteiger partial charge in [0.05, 0.1) is 12.5 Å². The van der Waals surface area contributed by atoms with Gasteiger partial charge in [-0.05, 0) is 115 Å². The van der Waals surface area contributed by atoms with Crippen LogP contribution in [-0.2, 0) is 33.6 Å². The highest BCUT2D eigenvalue weighted by Gasteiger charge is 2.43. The van der Waals surface area contributed by atoms with Crippen LogP contribution in [0.15, 0.2) is 0 Å². The number of hydrogen-bond donors (Lipinski definition) is 7. The van der Waals surface area contributed by atoms with Crippen LogP contribution >= 0.6 is 0 Å². The number of carboxylic acid groups (broad SMARTS) is 1. The Kier molecular flexibility index (Phi) is 16.5. The molecule has 0 aromatic heterocycles. The van der Waals surface area contributed by atoms with Gasteiger partial charge in [0.1, 0.15) is 30.2 Å². The van der Waals surface area contributed by atoms with Gasteiger partial charge >= 0.3 is 5.97 Å². The lowest BCUT2D eigenvalue weighted by molar-refractivity contribution is -0.149. The quantitative estimate of drug-likeness (QED) is 0.0850. The highest BCUT2D eigenvalue weighted by Crippen LogP contribution is 2.49. The van der Waals surface area contributed by atoms with Crippen molar-refractivity contribution in [3.63, 3.8) is 0 Å². The van der Waals surface area contributed by atoms with Gasteiger partial charge in [0, 0.05) is 26.1 Å². The summed E-state index contributed by atoms with van der Waals surface area (Å²) in [6.45, 7) is 4.37. The second kappa shape index (κ2) is 20.8. The van der Waals surface area contributed by atoms with Gasteiger partial charge in [-0.3, -0.25) is 33.6 Å². The number of piperidine rings is 1. The molecule has 8 N–H and O–H groups in total. The number of hydrogen-bond acceptors (Lipinski definition) is 9. The lowest BCUT2D eigenvalue weighted by Crippen LogP contribution is -2.61. The van der Waals surface area contributed by atoms with E-state index in [1.807, 2.05) is 6.92 Å². The summed E-state index contributed by atoms with van der Waals surface area (Å²) in [6.07, 6.45) is 8.53. The first kappa shape index (κ1) is 42.9. The minimum Gasteiger partial charge on any atom is -0.481 e. The maximum Gasteiger partial charge on any atom is 0.305 e. The molecular formula is C38H63N7O9. The predicted molar refractivity (Wildman–Crippen MR) is 198 cm³/mol. The fourth-order valence-corrected chi connectivity index (χ4v) is 8.89. The number of carboxylic acids is 1. The van der Waals surface area contributed by atoms with Crippen molar-refractivity contribution < 1.29 is 43.8 Å². The largest absolute Gasteiger partial charge is 0.481 e. The molecule has 0 aromatic rings. The number of rotatable bonds is 20. The Morgan fingerprint density at radius 1 is 0.815 bits per heavy atom. The number of carbonyl (C=O) groups excluding carboxylic acids is 6. The van der Waals surface area contributed by atoms with E-state index in [2.05, 4.69) is 21.3 Å². The molecule has 2 heterocycles. The third kappa shape index (κ3) is 11.6. The SMILES string of the molecule is CCCNC(=O)[C@@H](NC(=O)[C@@H]1CCCN1C(=O)[C@H](CC(=O)O)NC(=O)[C@@H]1CCCCN1C(=O)[C@H](CCCCN)NC(=O)CCC1CC2CCC1C2)[C@@H](C)O. The van der Waals surface area contributed by atoms with E-state index >= 15 is 0 Å². The van der Waals surface area contributed by atoms with Gasteiger partial charge < -0.3 is 47.0 Å². The van der Waals surface area contributed by atoms with Crippen LogP contribution in [0.5, 0.6) is 0 Å². The number of amides is 6. The normalized spacial score (nSPS) is 25.7. The monoisotopic (exact) mass is 761 g/mol. The van der Waals surface area contributed by atoms with Crippen molar-refractivity contribution in [1.29, 1.82) is 0 Å². The fourth-order valence-electron chi connectivity index (χ4n) is 8.89. The number of nitrogens with one attached hydrogen (secondary N) is 4. The van der Waals surface area contributed by atoms with E-state index < -0.39 is 78.2 Å². The second-order valence-electron chi connectivity index (χ2n) is 15.8. The summed E-state index contributed by atoms with van der Waals surface area (Å²) >= 11 is 0. The molecule has 4 aliphatic rings. The lowest BCUT2D eigenvalue weighted by atomic mass is 9.85. The Balaban J connectivity index is 1.43. The lowest BCUT2D eigenvalue weighted by Gasteiger charge is -2.38. The van der Waals surface area contributed by atoms with E-state index in [1.165, 1.54) is 42.4 Å². The number of aliphatic carboxylic acids is 1. The summed E-state index contributed by atoms with van der Waals surface area (Å²) < 4.78 is 0. The molecule has 16 heteroatoms. The minimum absolute atomic E-state index is 0.116. The predicted octanol–water partition coefficient (Wildman–Crippen LogP) is 0.540. The number of carbonyl (C=O) groups is 7. The summed E-state index contributed by atoms with van der Waals surface area (Å²) in [7, 11) is 0. The van der Waals surface area contributed by atoms with E-state index in [1.54, 1.807) is 0 Å². The molecule has 6 amide bonds. The molecule has 304 valence electrons. The number of likely N-dealkylation sites (tertiary alicyclic amines) is 2. The molecule has 2 bridgehead atoms. The fraction of sp³-hybridized carbons (Fsp3) is 0.816. The van der Waals surface area contributed by atoms with E-state index in [-0.39, 0.29) is 31.8 Å². The Morgan fingerprint density at radius 3 is 2.09 bits per heavy atom. The van der Waals surface area contributed by atoms with E-state index in [0.29, 0.717) is 76.3 Å². The van der Waals surface area contributed by atoms with E-state index in [0.717, 1.165) is 12.3 Å². The zero-order chi connectivity index (χ0) is 39.4. The second-order valence-corrected chi connectivity index (χ2v) is 15.8. The van der Waals surface area contributed by atoms with Crippen molar-refractivity contribution in [3.05, 3.63) is 0 Å². The van der Waals surface area contributed by atoms with Crippen molar-refractivity contribution in [2.24, 2.45) is 23.5 Å². The number of unbranched alkanes of at least 4 members (excludes halogenated alkanes) is 1. The minimum atomic E-state index is -1.53. The smallest absolute Gasteiger partial charge is 0.305 e. The van der Waals surface area contributed by atoms with Crippen molar-refractivity contribution in [2.75, 3.05) is 26.2 Å². The van der Waals surface area contributed by atoms with Gasteiger partial charge in [-0.1, -0.05) is 13.3 Å². The molecule has 2 aliphatic carbocycles. The maximum absolute atomic E-state index is 14.1. The van der Waals surface area contributed by atoms with E-state index in [4.69, 9.17) is 5.73 Å². The molecule has 2 aliphatic heterocycles. The first-order chi connectivity index (χ1) is 25.8. The third-order valence-electron chi connectivity index (χ3n) is 11.7. The molecule has 4 rings (SSSR count). The molecule has 2 saturated heterocycles. The average molecular weight is 762 g/mol. The van der Waals surface area contributed by atoms with Crippen LogP contribution in [0.1, 0.15) is 117 Å². The molecule has 4 fully saturated rings. The summed E-state index contributed by atoms with van der Waals surface area (Å²) in [5.41, 5.74) is 5.72. The topological polar surface area (TPSA) is 241 Å². The van der Waals surface area contributed by atoms with Gasteiger partial charge in [-0.15, -0.1) is 0 Å². The molecule has 54 heavy (non-hydrogen) atoms. The average Bonchev–Trinajstić information content (AvgIpc) is 3.92. The molecule has 16 nitrogen and oxygen atoms in total. The summed E-state index contributed by atoms with van der Waals surface area (Å²) in [4.78, 5) is 95.7. The molecule has 2 saturated carbocycles. The van der Waals surface area contributed by atoms with Crippen LogP contribution < -0.4 is 27.0 Å². The first-order valence-corrected chi connectivity index (χ1v) is 20.2. The standard InChI is InChI=1S/C38H63N7O9/c1-3-17-40-36(52)33(23(2)46)43-35(51)30-11-8-19-45(30)38(54)28(22-32(48)49)42-34(50)29-10-5-7-18-44(29)37(53)27(9-4-6-16-39)41-31(47)15-14-26-21-24-12-13-25(26)20-24/h23-30,33,46H,3-22,39H2,1-2H3,(H,40,52)(H,41,47)(H,42,50)(H,43,51)(H,48,49)/t23-,24?,25?,26?,27+,28+,29+,30+,33+/m1/s1. The molecule has 0 radical (unpaired) electrons. The molecular weight excluding hydrogens is 698 g/mol. The Bertz CT molecular complexity index is 1350. The maximum atomic E-state index is 14.1. The molecule has 9 atom stereocenters. The highest BCUT2D eigenvalue weighted by atomic mass is 16.4.